The van der Waals surface area contributed by atoms with Crippen molar-refractivity contribution >= 4 is 23.4 Å². The van der Waals surface area contributed by atoms with Crippen LogP contribution in [0.1, 0.15) is 31.2 Å². The van der Waals surface area contributed by atoms with E-state index in [1.807, 2.05) is 19.1 Å². The predicted molar refractivity (Wildman–Crippen MR) is 112 cm³/mol. The van der Waals surface area contributed by atoms with E-state index < -0.39 is 0 Å². The molecule has 2 N–H and O–H groups in total. The number of nitrogens with one attached hydrogen (secondary N) is 2. The molecule has 8 nitrogen and oxygen atoms in total. The second-order valence-electron chi connectivity index (χ2n) is 7.92. The summed E-state index contributed by atoms with van der Waals surface area (Å²) >= 11 is 0. The molecule has 2 aliphatic heterocycles. The van der Waals surface area contributed by atoms with Crippen LogP contribution in [0.5, 0.6) is 0 Å². The predicted octanol–water partition coefficient (Wildman–Crippen LogP) is 3.28. The van der Waals surface area contributed by atoms with E-state index in [1.165, 1.54) is 0 Å². The number of urea groups is 2. The van der Waals surface area contributed by atoms with Gasteiger partial charge in [-0.15, -0.1) is 0 Å². The lowest BCUT2D eigenvalue weighted by Gasteiger charge is -2.23. The van der Waals surface area contributed by atoms with Crippen molar-refractivity contribution in [1.29, 1.82) is 0 Å². The first-order chi connectivity index (χ1) is 13.9. The fourth-order valence-corrected chi connectivity index (χ4v) is 3.62. The molecule has 0 spiro atoms. The Balaban J connectivity index is 1.55. The molecule has 1 aromatic carbocycles. The Morgan fingerprint density at radius 2 is 1.52 bits per heavy atom. The van der Waals surface area contributed by atoms with Gasteiger partial charge in [-0.05, 0) is 50.3 Å². The van der Waals surface area contributed by atoms with Gasteiger partial charge in [0.05, 0.1) is 12.2 Å². The van der Waals surface area contributed by atoms with Crippen LogP contribution >= 0.6 is 0 Å². The first kappa shape index (κ1) is 21.4. The molecule has 8 heteroatoms. The van der Waals surface area contributed by atoms with Crippen molar-refractivity contribution < 1.29 is 19.1 Å². The standard InChI is InChI=1S/C21H32N4O4/c1-15-8-9-16(22-20(26)24(2)13-17-6-4-10-28-17)12-19(15)23-21(27)25(3)14-18-7-5-11-29-18/h8-9,12,17-18H,4-7,10-11,13-14H2,1-3H3,(H,22,26)(H,23,27)/t17-,18+/m1/s1. The molecule has 1 aromatic rings. The van der Waals surface area contributed by atoms with E-state index in [0.717, 1.165) is 44.5 Å². The summed E-state index contributed by atoms with van der Waals surface area (Å²) in [6.45, 7) is 4.58. The van der Waals surface area contributed by atoms with Gasteiger partial charge in [0.2, 0.25) is 0 Å². The summed E-state index contributed by atoms with van der Waals surface area (Å²) < 4.78 is 11.2. The molecule has 2 atom stereocenters. The number of anilines is 2. The number of hydrogen-bond donors (Lipinski definition) is 2. The Kier molecular flexibility index (Phi) is 7.33. The third-order valence-corrected chi connectivity index (χ3v) is 5.43. The van der Waals surface area contributed by atoms with E-state index in [4.69, 9.17) is 9.47 Å². The van der Waals surface area contributed by atoms with Crippen LogP contribution in [-0.4, -0.2) is 74.5 Å². The van der Waals surface area contributed by atoms with Gasteiger partial charge in [0.1, 0.15) is 0 Å². The summed E-state index contributed by atoms with van der Waals surface area (Å²) in [5.74, 6) is 0. The molecule has 2 heterocycles. The molecule has 0 bridgehead atoms. The van der Waals surface area contributed by atoms with Crippen LogP contribution in [-0.2, 0) is 9.47 Å². The molecule has 0 radical (unpaired) electrons. The summed E-state index contributed by atoms with van der Waals surface area (Å²) in [4.78, 5) is 28.3. The van der Waals surface area contributed by atoms with E-state index in [1.54, 1.807) is 30.0 Å². The van der Waals surface area contributed by atoms with Gasteiger partial charge in [-0.3, -0.25) is 0 Å². The van der Waals surface area contributed by atoms with E-state index >= 15 is 0 Å². The van der Waals surface area contributed by atoms with Crippen molar-refractivity contribution in [2.24, 2.45) is 0 Å². The first-order valence-electron chi connectivity index (χ1n) is 10.3. The Bertz CT molecular complexity index is 715. The summed E-state index contributed by atoms with van der Waals surface area (Å²) in [6.07, 6.45) is 4.27. The monoisotopic (exact) mass is 404 g/mol. The van der Waals surface area contributed by atoms with Crippen LogP contribution in [0.25, 0.3) is 0 Å². The highest BCUT2D eigenvalue weighted by Crippen LogP contribution is 2.22. The van der Waals surface area contributed by atoms with Crippen molar-refractivity contribution in [1.82, 2.24) is 9.80 Å². The summed E-state index contributed by atoms with van der Waals surface area (Å²) in [5.41, 5.74) is 2.24. The maximum absolute atomic E-state index is 12.5. The zero-order chi connectivity index (χ0) is 20.8. The maximum Gasteiger partial charge on any atom is 0.321 e. The summed E-state index contributed by atoms with van der Waals surface area (Å²) in [5, 5.41) is 5.82. The molecule has 2 fully saturated rings. The third-order valence-electron chi connectivity index (χ3n) is 5.43. The lowest BCUT2D eigenvalue weighted by atomic mass is 10.2. The topological polar surface area (TPSA) is 83.1 Å². The number of rotatable bonds is 6. The van der Waals surface area contributed by atoms with Crippen molar-refractivity contribution in [2.75, 3.05) is 51.0 Å². The number of carbonyl (C=O) groups is 2. The van der Waals surface area contributed by atoms with Gasteiger partial charge in [-0.1, -0.05) is 6.07 Å². The molecule has 29 heavy (non-hydrogen) atoms. The Labute approximate surface area is 172 Å². The van der Waals surface area contributed by atoms with Gasteiger partial charge in [-0.25, -0.2) is 9.59 Å². The second kappa shape index (κ2) is 9.93. The fraction of sp³-hybridized carbons (Fsp3) is 0.619. The molecule has 0 saturated carbocycles. The average molecular weight is 405 g/mol. The smallest absolute Gasteiger partial charge is 0.321 e. The van der Waals surface area contributed by atoms with Crippen molar-refractivity contribution in [3.05, 3.63) is 23.8 Å². The van der Waals surface area contributed by atoms with Crippen LogP contribution in [0.15, 0.2) is 18.2 Å². The van der Waals surface area contributed by atoms with E-state index in [9.17, 15) is 9.59 Å². The minimum Gasteiger partial charge on any atom is -0.376 e. The normalized spacial score (nSPS) is 21.1. The minimum atomic E-state index is -0.197. The van der Waals surface area contributed by atoms with E-state index in [2.05, 4.69) is 10.6 Å². The quantitative estimate of drug-likeness (QED) is 0.762. The largest absolute Gasteiger partial charge is 0.376 e. The number of aryl methyl sites for hydroxylation is 1. The number of nitrogens with zero attached hydrogens (tertiary/aromatic N) is 2. The van der Waals surface area contributed by atoms with Gasteiger partial charge in [-0.2, -0.15) is 0 Å². The number of hydrogen-bond acceptors (Lipinski definition) is 4. The Hall–Kier alpha value is -2.32. The summed E-state index contributed by atoms with van der Waals surface area (Å²) in [6, 6.07) is 5.11. The second-order valence-corrected chi connectivity index (χ2v) is 7.92. The molecular weight excluding hydrogens is 372 g/mol. The van der Waals surface area contributed by atoms with Crippen molar-refractivity contribution in [3.63, 3.8) is 0 Å². The van der Waals surface area contributed by atoms with Crippen LogP contribution < -0.4 is 10.6 Å². The van der Waals surface area contributed by atoms with Gasteiger partial charge in [0, 0.05) is 51.8 Å². The zero-order valence-corrected chi connectivity index (χ0v) is 17.6. The molecule has 0 aliphatic carbocycles. The van der Waals surface area contributed by atoms with Crippen LogP contribution in [0.4, 0.5) is 21.0 Å². The molecule has 0 aromatic heterocycles. The first-order valence-corrected chi connectivity index (χ1v) is 10.3. The molecule has 0 unspecified atom stereocenters. The minimum absolute atomic E-state index is 0.108. The van der Waals surface area contributed by atoms with E-state index in [0.29, 0.717) is 24.5 Å². The molecular formula is C21H32N4O4. The number of amides is 4. The maximum atomic E-state index is 12.5. The van der Waals surface area contributed by atoms with Crippen molar-refractivity contribution in [2.45, 2.75) is 44.8 Å². The molecule has 3 rings (SSSR count). The third kappa shape index (κ3) is 6.08. The molecule has 2 saturated heterocycles. The Morgan fingerprint density at radius 1 is 0.966 bits per heavy atom. The lowest BCUT2D eigenvalue weighted by Crippen LogP contribution is -2.37. The SMILES string of the molecule is Cc1ccc(NC(=O)N(C)C[C@H]2CCCO2)cc1NC(=O)N(C)C[C@@H]1CCCO1. The van der Waals surface area contributed by atoms with Gasteiger partial charge in [0.25, 0.3) is 0 Å². The highest BCUT2D eigenvalue weighted by Gasteiger charge is 2.22. The van der Waals surface area contributed by atoms with Crippen molar-refractivity contribution in [3.8, 4) is 0 Å². The number of carbonyl (C=O) groups excluding carboxylic acids is 2. The highest BCUT2D eigenvalue weighted by molar-refractivity contribution is 5.93. The zero-order valence-electron chi connectivity index (χ0n) is 17.6. The molecule has 2 aliphatic rings. The Morgan fingerprint density at radius 3 is 2.03 bits per heavy atom. The fourth-order valence-electron chi connectivity index (χ4n) is 3.62. The highest BCUT2D eigenvalue weighted by atomic mass is 16.5. The van der Waals surface area contributed by atoms with Gasteiger partial charge in [0.15, 0.2) is 0 Å². The number of likely N-dealkylation sites (N-methyl/N-ethyl adjacent to an activating group) is 2. The number of benzene rings is 1. The lowest BCUT2D eigenvalue weighted by molar-refractivity contribution is 0.0894. The van der Waals surface area contributed by atoms with Gasteiger partial charge < -0.3 is 29.9 Å². The van der Waals surface area contributed by atoms with Crippen LogP contribution in [0, 0.1) is 6.92 Å². The van der Waals surface area contributed by atoms with E-state index in [-0.39, 0.29) is 24.3 Å². The van der Waals surface area contributed by atoms with Crippen LogP contribution in [0.2, 0.25) is 0 Å². The van der Waals surface area contributed by atoms with Gasteiger partial charge >= 0.3 is 12.1 Å². The summed E-state index contributed by atoms with van der Waals surface area (Å²) in [7, 11) is 3.52. The average Bonchev–Trinajstić information content (AvgIpc) is 3.38. The molecule has 160 valence electrons. The number of ether oxygens (including phenoxy) is 2. The van der Waals surface area contributed by atoms with Crippen LogP contribution in [0.3, 0.4) is 0 Å². The molecule has 4 amide bonds.